The molecular weight excluding hydrogens is 292 g/mol. The van der Waals surface area contributed by atoms with Gasteiger partial charge in [-0.3, -0.25) is 4.79 Å². The lowest BCUT2D eigenvalue weighted by Crippen LogP contribution is -2.53. The predicted octanol–water partition coefficient (Wildman–Crippen LogP) is 2.52. The second-order valence-corrected chi connectivity index (χ2v) is 6.76. The van der Waals surface area contributed by atoms with Crippen LogP contribution in [0.1, 0.15) is 41.5 Å². The zero-order valence-corrected chi connectivity index (χ0v) is 15.6. The molecule has 1 amide bonds. The Kier molecular flexibility index (Phi) is 8.24. The standard InChI is InChI=1S/C18H32N2O3/c1-9-18(6,7)15(19)16(21)20(8)14(12(3)4)11-13(5)17(22)23-10-2/h9,11-12,14-15H,1,10,19H2,2-8H3/b13-11+/t14-,15?/m1/s1. The van der Waals surface area contributed by atoms with E-state index >= 15 is 0 Å². The Morgan fingerprint density at radius 3 is 2.26 bits per heavy atom. The van der Waals surface area contributed by atoms with Gasteiger partial charge in [0.15, 0.2) is 0 Å². The first kappa shape index (κ1) is 21.4. The summed E-state index contributed by atoms with van der Waals surface area (Å²) in [4.78, 5) is 26.1. The molecule has 0 saturated heterocycles. The average molecular weight is 324 g/mol. The first-order chi connectivity index (χ1) is 10.5. The number of nitrogens with zero attached hydrogens (tertiary/aromatic N) is 1. The fraction of sp³-hybridized carbons (Fsp3) is 0.667. The topological polar surface area (TPSA) is 72.6 Å². The number of amides is 1. The normalized spacial score (nSPS) is 15.1. The summed E-state index contributed by atoms with van der Waals surface area (Å²) in [7, 11) is 1.71. The van der Waals surface area contributed by atoms with Gasteiger partial charge in [-0.05, 0) is 19.8 Å². The van der Waals surface area contributed by atoms with E-state index in [-0.39, 0.29) is 23.8 Å². The molecule has 0 bridgehead atoms. The van der Waals surface area contributed by atoms with Gasteiger partial charge in [0, 0.05) is 18.0 Å². The quantitative estimate of drug-likeness (QED) is 0.423. The zero-order chi connectivity index (χ0) is 18.4. The molecule has 0 heterocycles. The van der Waals surface area contributed by atoms with Crippen molar-refractivity contribution < 1.29 is 14.3 Å². The van der Waals surface area contributed by atoms with Crippen LogP contribution < -0.4 is 5.73 Å². The molecule has 0 spiro atoms. The number of hydrogen-bond donors (Lipinski definition) is 1. The van der Waals surface area contributed by atoms with Crippen LogP contribution in [-0.2, 0) is 14.3 Å². The first-order valence-corrected chi connectivity index (χ1v) is 8.00. The number of carbonyl (C=O) groups excluding carboxylic acids is 2. The molecule has 1 unspecified atom stereocenters. The fourth-order valence-electron chi connectivity index (χ4n) is 2.13. The SMILES string of the molecule is C=CC(C)(C)C(N)C(=O)N(C)[C@H](/C=C(\C)C(=O)OCC)C(C)C. The van der Waals surface area contributed by atoms with Crippen LogP contribution in [0.5, 0.6) is 0 Å². The van der Waals surface area contributed by atoms with Gasteiger partial charge in [-0.25, -0.2) is 4.79 Å². The van der Waals surface area contributed by atoms with Gasteiger partial charge in [0.25, 0.3) is 0 Å². The largest absolute Gasteiger partial charge is 0.463 e. The Hall–Kier alpha value is -1.62. The summed E-state index contributed by atoms with van der Waals surface area (Å²) < 4.78 is 4.99. The van der Waals surface area contributed by atoms with Crippen molar-refractivity contribution in [3.05, 3.63) is 24.3 Å². The van der Waals surface area contributed by atoms with Crippen LogP contribution in [0.4, 0.5) is 0 Å². The number of carbonyl (C=O) groups is 2. The minimum Gasteiger partial charge on any atom is -0.463 e. The van der Waals surface area contributed by atoms with Gasteiger partial charge in [0.05, 0.1) is 18.7 Å². The molecule has 0 radical (unpaired) electrons. The van der Waals surface area contributed by atoms with E-state index in [1.807, 2.05) is 27.7 Å². The third kappa shape index (κ3) is 5.82. The lowest BCUT2D eigenvalue weighted by atomic mass is 9.84. The van der Waals surface area contributed by atoms with Crippen molar-refractivity contribution in [3.63, 3.8) is 0 Å². The summed E-state index contributed by atoms with van der Waals surface area (Å²) in [5, 5.41) is 0. The van der Waals surface area contributed by atoms with E-state index in [4.69, 9.17) is 10.5 Å². The molecule has 5 nitrogen and oxygen atoms in total. The fourth-order valence-corrected chi connectivity index (χ4v) is 2.13. The second-order valence-electron chi connectivity index (χ2n) is 6.76. The van der Waals surface area contributed by atoms with E-state index < -0.39 is 11.5 Å². The molecular formula is C18H32N2O3. The molecule has 0 aromatic heterocycles. The van der Waals surface area contributed by atoms with Crippen LogP contribution >= 0.6 is 0 Å². The highest BCUT2D eigenvalue weighted by Gasteiger charge is 2.34. The molecule has 0 aromatic rings. The molecule has 0 fully saturated rings. The van der Waals surface area contributed by atoms with Crippen molar-refractivity contribution in [3.8, 4) is 0 Å². The Balaban J connectivity index is 5.39. The second kappa shape index (κ2) is 8.87. The Morgan fingerprint density at radius 2 is 1.87 bits per heavy atom. The van der Waals surface area contributed by atoms with Crippen LogP contribution in [0.15, 0.2) is 24.3 Å². The molecule has 2 N–H and O–H groups in total. The molecule has 2 atom stereocenters. The van der Waals surface area contributed by atoms with Crippen molar-refractivity contribution >= 4 is 11.9 Å². The van der Waals surface area contributed by atoms with E-state index in [1.54, 1.807) is 37.9 Å². The smallest absolute Gasteiger partial charge is 0.333 e. The highest BCUT2D eigenvalue weighted by atomic mass is 16.5. The number of esters is 1. The zero-order valence-electron chi connectivity index (χ0n) is 15.6. The highest BCUT2D eigenvalue weighted by molar-refractivity contribution is 5.88. The summed E-state index contributed by atoms with van der Waals surface area (Å²) in [6.07, 6.45) is 3.46. The molecule has 0 aliphatic rings. The van der Waals surface area contributed by atoms with Gasteiger partial charge < -0.3 is 15.4 Å². The predicted molar refractivity (Wildman–Crippen MR) is 93.7 cm³/mol. The van der Waals surface area contributed by atoms with Crippen molar-refractivity contribution in [2.45, 2.75) is 53.6 Å². The number of nitrogens with two attached hydrogens (primary N) is 1. The van der Waals surface area contributed by atoms with Crippen molar-refractivity contribution in [2.75, 3.05) is 13.7 Å². The number of likely N-dealkylation sites (N-methyl/N-ethyl adjacent to an activating group) is 1. The summed E-state index contributed by atoms with van der Waals surface area (Å²) in [6, 6.07) is -0.930. The summed E-state index contributed by atoms with van der Waals surface area (Å²) in [5.41, 5.74) is 6.09. The van der Waals surface area contributed by atoms with Gasteiger partial charge >= 0.3 is 5.97 Å². The maximum Gasteiger partial charge on any atom is 0.333 e. The maximum absolute atomic E-state index is 12.7. The van der Waals surface area contributed by atoms with Crippen molar-refractivity contribution in [1.82, 2.24) is 4.90 Å². The Bertz CT molecular complexity index is 467. The third-order valence-corrected chi connectivity index (χ3v) is 4.09. The molecule has 0 saturated carbocycles. The van der Waals surface area contributed by atoms with E-state index in [0.717, 1.165) is 0 Å². The van der Waals surface area contributed by atoms with Crippen LogP contribution in [0.3, 0.4) is 0 Å². The molecule has 0 rings (SSSR count). The van der Waals surface area contributed by atoms with Crippen molar-refractivity contribution in [1.29, 1.82) is 0 Å². The van der Waals surface area contributed by atoms with Crippen LogP contribution in [0, 0.1) is 11.3 Å². The van der Waals surface area contributed by atoms with Crippen LogP contribution in [0.2, 0.25) is 0 Å². The maximum atomic E-state index is 12.7. The van der Waals surface area contributed by atoms with E-state index in [0.29, 0.717) is 12.2 Å². The molecule has 0 aliphatic heterocycles. The number of rotatable bonds is 8. The molecule has 132 valence electrons. The van der Waals surface area contributed by atoms with E-state index in [9.17, 15) is 9.59 Å². The summed E-state index contributed by atoms with van der Waals surface area (Å²) in [5.74, 6) is -0.413. The summed E-state index contributed by atoms with van der Waals surface area (Å²) in [6.45, 7) is 15.3. The number of ether oxygens (including phenoxy) is 1. The minimum absolute atomic E-state index is 0.132. The van der Waals surface area contributed by atoms with Gasteiger partial charge in [-0.15, -0.1) is 6.58 Å². The molecule has 0 aromatic carbocycles. The van der Waals surface area contributed by atoms with Crippen LogP contribution in [-0.4, -0.2) is 42.5 Å². The third-order valence-electron chi connectivity index (χ3n) is 4.09. The molecule has 0 aliphatic carbocycles. The van der Waals surface area contributed by atoms with Crippen molar-refractivity contribution in [2.24, 2.45) is 17.1 Å². The van der Waals surface area contributed by atoms with Crippen LogP contribution in [0.25, 0.3) is 0 Å². The van der Waals surface area contributed by atoms with E-state index in [2.05, 4.69) is 6.58 Å². The van der Waals surface area contributed by atoms with E-state index in [1.165, 1.54) is 0 Å². The van der Waals surface area contributed by atoms with Gasteiger partial charge in [-0.1, -0.05) is 39.8 Å². The lowest BCUT2D eigenvalue weighted by Gasteiger charge is -2.35. The Labute approximate surface area is 140 Å². The summed E-state index contributed by atoms with van der Waals surface area (Å²) >= 11 is 0. The molecule has 23 heavy (non-hydrogen) atoms. The Morgan fingerprint density at radius 1 is 1.35 bits per heavy atom. The minimum atomic E-state index is -0.692. The van der Waals surface area contributed by atoms with Gasteiger partial charge in [0.1, 0.15) is 0 Å². The highest BCUT2D eigenvalue weighted by Crippen LogP contribution is 2.23. The van der Waals surface area contributed by atoms with Gasteiger partial charge in [-0.2, -0.15) is 0 Å². The average Bonchev–Trinajstić information content (AvgIpc) is 2.49. The first-order valence-electron chi connectivity index (χ1n) is 8.00. The van der Waals surface area contributed by atoms with Gasteiger partial charge in [0.2, 0.25) is 5.91 Å². The molecule has 5 heteroatoms. The number of hydrogen-bond acceptors (Lipinski definition) is 4. The lowest BCUT2D eigenvalue weighted by molar-refractivity contribution is -0.139. The monoisotopic (exact) mass is 324 g/mol.